The van der Waals surface area contributed by atoms with E-state index in [9.17, 15) is 9.59 Å². The number of carbonyl (C=O) groups is 2. The van der Waals surface area contributed by atoms with Gasteiger partial charge in [0.15, 0.2) is 0 Å². The number of rotatable bonds is 5. The number of benzene rings is 2. The second kappa shape index (κ2) is 9.05. The van der Waals surface area contributed by atoms with E-state index in [1.165, 1.54) is 5.56 Å². The van der Waals surface area contributed by atoms with Crippen LogP contribution in [-0.2, 0) is 9.59 Å². The highest BCUT2D eigenvalue weighted by molar-refractivity contribution is 5.81. The molecule has 1 fully saturated rings. The van der Waals surface area contributed by atoms with Gasteiger partial charge >= 0.3 is 0 Å². The Morgan fingerprint density at radius 1 is 0.929 bits per heavy atom. The fraction of sp³-hybridized carbons (Fsp3) is 0.417. The Morgan fingerprint density at radius 3 is 2.07 bits per heavy atom. The summed E-state index contributed by atoms with van der Waals surface area (Å²) in [4.78, 5) is 27.1. The first-order valence-corrected chi connectivity index (χ1v) is 10.2. The average molecular weight is 379 g/mol. The van der Waals surface area contributed by atoms with Crippen LogP contribution >= 0.6 is 0 Å². The molecule has 0 aromatic heterocycles. The van der Waals surface area contributed by atoms with Crippen LogP contribution in [0.3, 0.4) is 0 Å². The van der Waals surface area contributed by atoms with Crippen LogP contribution in [0.1, 0.15) is 49.4 Å². The zero-order valence-electron chi connectivity index (χ0n) is 17.0. The molecule has 0 unspecified atom stereocenters. The molecule has 28 heavy (non-hydrogen) atoms. The molecule has 1 heterocycles. The first-order valence-electron chi connectivity index (χ1n) is 10.2. The summed E-state index contributed by atoms with van der Waals surface area (Å²) in [6, 6.07) is 18.2. The molecule has 0 radical (unpaired) electrons. The first-order chi connectivity index (χ1) is 13.5. The second-order valence-corrected chi connectivity index (χ2v) is 8.02. The van der Waals surface area contributed by atoms with E-state index in [0.29, 0.717) is 13.1 Å². The summed E-state index contributed by atoms with van der Waals surface area (Å²) < 4.78 is 0. The van der Waals surface area contributed by atoms with Crippen LogP contribution in [0.5, 0.6) is 0 Å². The van der Waals surface area contributed by atoms with E-state index < -0.39 is 0 Å². The molecule has 1 N–H and O–H groups in total. The first kappa shape index (κ1) is 20.1. The van der Waals surface area contributed by atoms with E-state index in [1.807, 2.05) is 36.9 Å². The van der Waals surface area contributed by atoms with Gasteiger partial charge in [0, 0.05) is 24.9 Å². The minimum atomic E-state index is -0.162. The van der Waals surface area contributed by atoms with Crippen LogP contribution in [0.4, 0.5) is 0 Å². The van der Waals surface area contributed by atoms with Gasteiger partial charge in [-0.15, -0.1) is 0 Å². The Hall–Kier alpha value is -2.62. The third-order valence-corrected chi connectivity index (χ3v) is 5.50. The number of amides is 2. The molecule has 2 amide bonds. The van der Waals surface area contributed by atoms with E-state index in [2.05, 4.69) is 48.6 Å². The van der Waals surface area contributed by atoms with Gasteiger partial charge in [-0.25, -0.2) is 0 Å². The summed E-state index contributed by atoms with van der Waals surface area (Å²) in [5, 5.41) is 3.26. The van der Waals surface area contributed by atoms with Crippen molar-refractivity contribution in [1.82, 2.24) is 10.2 Å². The van der Waals surface area contributed by atoms with Gasteiger partial charge in [0.25, 0.3) is 0 Å². The minimum absolute atomic E-state index is 0.00868. The van der Waals surface area contributed by atoms with Crippen LogP contribution in [0.2, 0.25) is 0 Å². The van der Waals surface area contributed by atoms with E-state index in [0.717, 1.165) is 24.0 Å². The molecule has 1 saturated heterocycles. The van der Waals surface area contributed by atoms with E-state index in [4.69, 9.17) is 0 Å². The van der Waals surface area contributed by atoms with Gasteiger partial charge in [-0.3, -0.25) is 9.59 Å². The Morgan fingerprint density at radius 2 is 1.50 bits per heavy atom. The van der Waals surface area contributed by atoms with Crippen LogP contribution in [-0.4, -0.2) is 29.8 Å². The topological polar surface area (TPSA) is 49.4 Å². The van der Waals surface area contributed by atoms with E-state index in [1.54, 1.807) is 0 Å². The molecule has 0 bridgehead atoms. The van der Waals surface area contributed by atoms with Crippen molar-refractivity contribution in [2.24, 2.45) is 11.8 Å². The molecule has 2 aromatic rings. The number of nitrogens with zero attached hydrogens (tertiary/aromatic N) is 1. The van der Waals surface area contributed by atoms with Crippen LogP contribution in [0.25, 0.3) is 0 Å². The lowest BCUT2D eigenvalue weighted by atomic mass is 9.92. The molecule has 0 aliphatic carbocycles. The highest BCUT2D eigenvalue weighted by atomic mass is 16.2. The number of likely N-dealkylation sites (tertiary alicyclic amines) is 1. The zero-order valence-corrected chi connectivity index (χ0v) is 17.0. The number of carbonyl (C=O) groups excluding carboxylic acids is 2. The SMILES string of the molecule is Cc1ccc([C@@H](NC(=O)C2CCN(C(=O)C(C)C)CC2)c2ccccc2)cc1. The van der Waals surface area contributed by atoms with Crippen molar-refractivity contribution in [2.45, 2.75) is 39.7 Å². The van der Waals surface area contributed by atoms with Gasteiger partial charge in [-0.05, 0) is 30.9 Å². The van der Waals surface area contributed by atoms with Crippen molar-refractivity contribution >= 4 is 11.8 Å². The van der Waals surface area contributed by atoms with Gasteiger partial charge < -0.3 is 10.2 Å². The standard InChI is InChI=1S/C24H30N2O2/c1-17(2)24(28)26-15-13-21(14-16-26)23(27)25-22(19-7-5-4-6-8-19)20-11-9-18(3)10-12-20/h4-12,17,21-22H,13-16H2,1-3H3,(H,25,27)/t22-/m0/s1. The van der Waals surface area contributed by atoms with Crippen molar-refractivity contribution in [3.63, 3.8) is 0 Å². The molecule has 148 valence electrons. The van der Waals surface area contributed by atoms with E-state index >= 15 is 0 Å². The van der Waals surface area contributed by atoms with Gasteiger partial charge in [0.05, 0.1) is 6.04 Å². The number of nitrogens with one attached hydrogen (secondary N) is 1. The number of hydrogen-bond acceptors (Lipinski definition) is 2. The van der Waals surface area contributed by atoms with Crippen molar-refractivity contribution in [3.05, 3.63) is 71.3 Å². The lowest BCUT2D eigenvalue weighted by Crippen LogP contribution is -2.45. The van der Waals surface area contributed by atoms with Gasteiger partial charge in [0.2, 0.25) is 11.8 Å². The summed E-state index contributed by atoms with van der Waals surface area (Å²) in [5.74, 6) is 0.217. The van der Waals surface area contributed by atoms with Crippen LogP contribution in [0.15, 0.2) is 54.6 Å². The summed E-state index contributed by atoms with van der Waals surface area (Å²) in [7, 11) is 0. The maximum atomic E-state index is 13.0. The Kier molecular flexibility index (Phi) is 6.50. The van der Waals surface area contributed by atoms with E-state index in [-0.39, 0.29) is 29.7 Å². The lowest BCUT2D eigenvalue weighted by molar-refractivity contribution is -0.138. The Labute approximate surface area is 167 Å². The van der Waals surface area contributed by atoms with Crippen molar-refractivity contribution in [1.29, 1.82) is 0 Å². The van der Waals surface area contributed by atoms with Gasteiger partial charge in [-0.2, -0.15) is 0 Å². The molecule has 1 aliphatic rings. The highest BCUT2D eigenvalue weighted by Crippen LogP contribution is 2.25. The summed E-state index contributed by atoms with van der Waals surface area (Å²) in [5.41, 5.74) is 3.36. The van der Waals surface area contributed by atoms with Crippen molar-refractivity contribution < 1.29 is 9.59 Å². The van der Waals surface area contributed by atoms with Crippen LogP contribution < -0.4 is 5.32 Å². The third-order valence-electron chi connectivity index (χ3n) is 5.50. The fourth-order valence-corrected chi connectivity index (χ4v) is 3.75. The molecule has 1 atom stereocenters. The molecule has 3 rings (SSSR count). The summed E-state index contributed by atoms with van der Waals surface area (Å²) in [6.07, 6.45) is 1.44. The van der Waals surface area contributed by atoms with Crippen molar-refractivity contribution in [2.75, 3.05) is 13.1 Å². The fourth-order valence-electron chi connectivity index (χ4n) is 3.75. The molecule has 1 aliphatic heterocycles. The maximum Gasteiger partial charge on any atom is 0.225 e. The second-order valence-electron chi connectivity index (χ2n) is 8.02. The molecule has 4 nitrogen and oxygen atoms in total. The zero-order chi connectivity index (χ0) is 20.1. The predicted octanol–water partition coefficient (Wildman–Crippen LogP) is 4.10. The smallest absolute Gasteiger partial charge is 0.225 e. The molecule has 0 saturated carbocycles. The molecule has 4 heteroatoms. The number of piperidine rings is 1. The van der Waals surface area contributed by atoms with Gasteiger partial charge in [0.1, 0.15) is 0 Å². The number of hydrogen-bond donors (Lipinski definition) is 1. The van der Waals surface area contributed by atoms with Crippen LogP contribution in [0, 0.1) is 18.8 Å². The predicted molar refractivity (Wildman–Crippen MR) is 112 cm³/mol. The van der Waals surface area contributed by atoms with Gasteiger partial charge in [-0.1, -0.05) is 74.0 Å². The largest absolute Gasteiger partial charge is 0.345 e. The quantitative estimate of drug-likeness (QED) is 0.852. The molecule has 2 aromatic carbocycles. The number of aryl methyl sites for hydroxylation is 1. The molecule has 0 spiro atoms. The molecular weight excluding hydrogens is 348 g/mol. The van der Waals surface area contributed by atoms with Crippen molar-refractivity contribution in [3.8, 4) is 0 Å². The summed E-state index contributed by atoms with van der Waals surface area (Å²) in [6.45, 7) is 7.23. The normalized spacial score (nSPS) is 16.1. The highest BCUT2D eigenvalue weighted by Gasteiger charge is 2.29. The Balaban J connectivity index is 1.70. The monoisotopic (exact) mass is 378 g/mol. The summed E-state index contributed by atoms with van der Waals surface area (Å²) >= 11 is 0. The maximum absolute atomic E-state index is 13.0. The Bertz CT molecular complexity index is 791. The lowest BCUT2D eigenvalue weighted by Gasteiger charge is -2.33. The minimum Gasteiger partial charge on any atom is -0.345 e. The molecular formula is C24H30N2O2. The third kappa shape index (κ3) is 4.80. The average Bonchev–Trinajstić information content (AvgIpc) is 2.72.